The van der Waals surface area contributed by atoms with Crippen LogP contribution in [0.15, 0.2) is 118 Å². The highest BCUT2D eigenvalue weighted by Crippen LogP contribution is 2.44. The maximum atomic E-state index is 6.90. The van der Waals surface area contributed by atoms with E-state index in [1.807, 2.05) is 6.07 Å². The zero-order valence-electron chi connectivity index (χ0n) is 31.8. The Hall–Kier alpha value is -5.87. The van der Waals surface area contributed by atoms with Gasteiger partial charge in [0.25, 0.3) is 0 Å². The second kappa shape index (κ2) is 12.4. The maximum absolute atomic E-state index is 6.90. The van der Waals surface area contributed by atoms with E-state index >= 15 is 0 Å². The minimum Gasteiger partial charge on any atom is -0.456 e. The molecule has 3 aromatic heterocycles. The van der Waals surface area contributed by atoms with Crippen LogP contribution in [0.5, 0.6) is 0 Å². The van der Waals surface area contributed by atoms with Gasteiger partial charge in [0.15, 0.2) is 0 Å². The molecule has 0 saturated carbocycles. The van der Waals surface area contributed by atoms with E-state index in [0.717, 1.165) is 66.7 Å². The molecule has 0 unspecified atom stereocenters. The molecule has 0 saturated heterocycles. The first-order valence-electron chi connectivity index (χ1n) is 18.8. The first-order valence-corrected chi connectivity index (χ1v) is 18.8. The van der Waals surface area contributed by atoms with Gasteiger partial charge in [0.05, 0.1) is 22.3 Å². The summed E-state index contributed by atoms with van der Waals surface area (Å²) < 4.78 is 15.8. The highest BCUT2D eigenvalue weighted by atomic mass is 16.3. The van der Waals surface area contributed by atoms with Gasteiger partial charge in [0, 0.05) is 27.3 Å². The van der Waals surface area contributed by atoms with Crippen molar-refractivity contribution in [1.29, 1.82) is 0 Å². The lowest BCUT2D eigenvalue weighted by molar-refractivity contribution is 0.628. The van der Waals surface area contributed by atoms with Gasteiger partial charge < -0.3 is 8.83 Å². The van der Waals surface area contributed by atoms with E-state index in [0.29, 0.717) is 0 Å². The highest BCUT2D eigenvalue weighted by Gasteiger charge is 2.26. The number of furan rings is 2. The largest absolute Gasteiger partial charge is 0.456 e. The fraction of sp³-hybridized carbons (Fsp3) is 0.204. The van der Waals surface area contributed by atoms with Gasteiger partial charge in [0.2, 0.25) is 0 Å². The van der Waals surface area contributed by atoms with Crippen molar-refractivity contribution in [1.82, 2.24) is 9.55 Å². The Balaban J connectivity index is 1.30. The van der Waals surface area contributed by atoms with Gasteiger partial charge in [-0.25, -0.2) is 4.98 Å². The maximum Gasteiger partial charge on any atom is 0.149 e. The summed E-state index contributed by atoms with van der Waals surface area (Å²) in [7, 11) is 0. The van der Waals surface area contributed by atoms with Crippen LogP contribution in [-0.2, 0) is 0 Å². The van der Waals surface area contributed by atoms with Crippen LogP contribution in [0.1, 0.15) is 72.9 Å². The Labute approximate surface area is 310 Å². The SMILES string of the molecule is Cc1cc(C)c(-c2ccc3c(c2)oc2c(-c4nc5ccccc5n4-c4c(C(C)C)cc(-c5oc6ccccc6c5C)cc4C(C)C)cccc23)c(C)c1. The fourth-order valence-electron chi connectivity index (χ4n) is 8.60. The summed E-state index contributed by atoms with van der Waals surface area (Å²) in [6.45, 7) is 17.9. The first kappa shape index (κ1) is 33.0. The summed E-state index contributed by atoms with van der Waals surface area (Å²) in [6.07, 6.45) is 0. The molecule has 0 fully saturated rings. The molecule has 9 rings (SSSR count). The number of nitrogens with zero attached hydrogens (tertiary/aromatic N) is 2. The number of fused-ring (bicyclic) bond motifs is 5. The van der Waals surface area contributed by atoms with Crippen LogP contribution in [0.3, 0.4) is 0 Å². The van der Waals surface area contributed by atoms with E-state index in [1.165, 1.54) is 50.2 Å². The van der Waals surface area contributed by atoms with E-state index < -0.39 is 0 Å². The van der Waals surface area contributed by atoms with Crippen LogP contribution < -0.4 is 0 Å². The number of aromatic nitrogens is 2. The van der Waals surface area contributed by atoms with Crippen LogP contribution in [0, 0.1) is 27.7 Å². The van der Waals surface area contributed by atoms with Crippen LogP contribution in [0.4, 0.5) is 0 Å². The molecule has 0 amide bonds. The molecule has 0 aliphatic carbocycles. The third-order valence-corrected chi connectivity index (χ3v) is 11.0. The van der Waals surface area contributed by atoms with E-state index in [9.17, 15) is 0 Å². The molecule has 0 atom stereocenters. The zero-order chi connectivity index (χ0) is 36.7. The Kier molecular flexibility index (Phi) is 7.71. The Morgan fingerprint density at radius 2 is 1.26 bits per heavy atom. The van der Waals surface area contributed by atoms with Gasteiger partial charge in [-0.2, -0.15) is 0 Å². The predicted molar refractivity (Wildman–Crippen MR) is 222 cm³/mol. The van der Waals surface area contributed by atoms with Gasteiger partial charge in [-0.3, -0.25) is 4.57 Å². The Morgan fingerprint density at radius 3 is 1.98 bits per heavy atom. The van der Waals surface area contributed by atoms with Crippen LogP contribution in [0.25, 0.3) is 83.5 Å². The molecule has 0 spiro atoms. The van der Waals surface area contributed by atoms with Crippen molar-refractivity contribution in [3.05, 3.63) is 143 Å². The van der Waals surface area contributed by atoms with Gasteiger partial charge in [-0.1, -0.05) is 93.9 Å². The standard InChI is InChI=1S/C49H44N2O2/c1-27(2)39-24-34(47-32(8)35-14-9-12-19-43(35)52-47)25-40(28(3)4)46(39)51-42-18-11-10-17-41(42)50-49(51)38-16-13-15-37-36-21-20-33(26-44(36)53-48(37)38)45-30(6)22-29(5)23-31(45)7/h9-28H,1-8H3. The van der Waals surface area contributed by atoms with Crippen molar-refractivity contribution in [3.63, 3.8) is 0 Å². The van der Waals surface area contributed by atoms with E-state index in [1.54, 1.807) is 0 Å². The lowest BCUT2D eigenvalue weighted by Crippen LogP contribution is -2.09. The van der Waals surface area contributed by atoms with E-state index in [2.05, 4.69) is 163 Å². The van der Waals surface area contributed by atoms with E-state index in [4.69, 9.17) is 13.8 Å². The Morgan fingerprint density at radius 1 is 0.585 bits per heavy atom. The monoisotopic (exact) mass is 692 g/mol. The molecule has 0 aliphatic rings. The average molecular weight is 693 g/mol. The molecule has 0 aliphatic heterocycles. The second-order valence-electron chi connectivity index (χ2n) is 15.4. The lowest BCUT2D eigenvalue weighted by Gasteiger charge is -2.24. The van der Waals surface area contributed by atoms with Crippen molar-refractivity contribution in [2.75, 3.05) is 0 Å². The number of para-hydroxylation sites is 4. The van der Waals surface area contributed by atoms with Crippen LogP contribution >= 0.6 is 0 Å². The molecular weight excluding hydrogens is 649 g/mol. The molecule has 6 aromatic carbocycles. The minimum absolute atomic E-state index is 0.232. The molecule has 0 radical (unpaired) electrons. The van der Waals surface area contributed by atoms with Crippen LogP contribution in [0.2, 0.25) is 0 Å². The third kappa shape index (κ3) is 5.22. The molecule has 0 N–H and O–H groups in total. The van der Waals surface area contributed by atoms with Gasteiger partial charge in [-0.05, 0) is 121 Å². The molecule has 4 heteroatoms. The third-order valence-electron chi connectivity index (χ3n) is 11.0. The van der Waals surface area contributed by atoms with Crippen molar-refractivity contribution in [3.8, 4) is 39.5 Å². The minimum atomic E-state index is 0.232. The van der Waals surface area contributed by atoms with Crippen LogP contribution in [-0.4, -0.2) is 9.55 Å². The normalized spacial score (nSPS) is 12.1. The van der Waals surface area contributed by atoms with Crippen molar-refractivity contribution in [2.24, 2.45) is 0 Å². The number of imidazole rings is 1. The fourth-order valence-corrected chi connectivity index (χ4v) is 8.60. The number of aryl methyl sites for hydroxylation is 4. The summed E-state index contributed by atoms with van der Waals surface area (Å²) in [6, 6.07) is 39.1. The van der Waals surface area contributed by atoms with Gasteiger partial charge in [0.1, 0.15) is 28.3 Å². The summed E-state index contributed by atoms with van der Waals surface area (Å²) in [5, 5.41) is 3.35. The summed E-state index contributed by atoms with van der Waals surface area (Å²) in [4.78, 5) is 5.39. The summed E-state index contributed by atoms with van der Waals surface area (Å²) in [5.74, 6) is 2.27. The van der Waals surface area contributed by atoms with Crippen molar-refractivity contribution < 1.29 is 8.83 Å². The quantitative estimate of drug-likeness (QED) is 0.174. The van der Waals surface area contributed by atoms with E-state index in [-0.39, 0.29) is 11.8 Å². The molecule has 53 heavy (non-hydrogen) atoms. The molecule has 262 valence electrons. The molecule has 3 heterocycles. The lowest BCUT2D eigenvalue weighted by atomic mass is 9.88. The average Bonchev–Trinajstić information content (AvgIpc) is 3.81. The molecule has 9 aromatic rings. The van der Waals surface area contributed by atoms with Crippen molar-refractivity contribution in [2.45, 2.75) is 67.2 Å². The molecule has 4 nitrogen and oxygen atoms in total. The topological polar surface area (TPSA) is 44.1 Å². The number of hydrogen-bond donors (Lipinski definition) is 0. The number of benzene rings is 6. The number of hydrogen-bond acceptors (Lipinski definition) is 3. The van der Waals surface area contributed by atoms with Crippen molar-refractivity contribution >= 4 is 43.9 Å². The predicted octanol–water partition coefficient (Wildman–Crippen LogP) is 14.2. The first-order chi connectivity index (χ1) is 25.6. The molecular formula is C49H44N2O2. The summed E-state index contributed by atoms with van der Waals surface area (Å²) >= 11 is 0. The smallest absolute Gasteiger partial charge is 0.149 e. The summed E-state index contributed by atoms with van der Waals surface area (Å²) in [5.41, 5.74) is 17.8. The highest BCUT2D eigenvalue weighted by molar-refractivity contribution is 6.10. The number of rotatable bonds is 6. The van der Waals surface area contributed by atoms with Gasteiger partial charge in [-0.15, -0.1) is 0 Å². The molecule has 0 bridgehead atoms. The van der Waals surface area contributed by atoms with Gasteiger partial charge >= 0.3 is 0 Å². The second-order valence-corrected chi connectivity index (χ2v) is 15.4. The Bertz CT molecular complexity index is 2840. The zero-order valence-corrected chi connectivity index (χ0v) is 31.8.